The lowest BCUT2D eigenvalue weighted by atomic mass is 10.1. The Labute approximate surface area is 125 Å². The topological polar surface area (TPSA) is 72.2 Å². The molecule has 1 atom stereocenters. The molecule has 1 unspecified atom stereocenters. The first-order valence-electron chi connectivity index (χ1n) is 6.33. The van der Waals surface area contributed by atoms with E-state index in [4.69, 9.17) is 5.73 Å². The van der Waals surface area contributed by atoms with Crippen LogP contribution in [0.1, 0.15) is 24.0 Å². The van der Waals surface area contributed by atoms with Crippen molar-refractivity contribution in [3.05, 3.63) is 29.1 Å². The highest BCUT2D eigenvalue weighted by Gasteiger charge is 2.30. The van der Waals surface area contributed by atoms with Crippen molar-refractivity contribution in [2.75, 3.05) is 6.54 Å². The van der Waals surface area contributed by atoms with E-state index in [-0.39, 0.29) is 29.9 Å². The summed E-state index contributed by atoms with van der Waals surface area (Å²) in [6.45, 7) is 3.40. The fourth-order valence-corrected chi connectivity index (χ4v) is 3.81. The minimum absolute atomic E-state index is 0. The fourth-order valence-electron chi connectivity index (χ4n) is 2.29. The molecule has 1 aromatic rings. The van der Waals surface area contributed by atoms with E-state index in [1.807, 2.05) is 0 Å². The first kappa shape index (κ1) is 17.4. The number of nitrogens with two attached hydrogens (primary N) is 1. The monoisotopic (exact) mass is 322 g/mol. The molecular weight excluding hydrogens is 303 g/mol. The second-order valence-electron chi connectivity index (χ2n) is 5.22. The molecule has 20 heavy (non-hydrogen) atoms. The number of hydrogen-bond donors (Lipinski definition) is 2. The molecule has 114 valence electrons. The zero-order valence-electron chi connectivity index (χ0n) is 11.5. The molecule has 0 amide bonds. The predicted molar refractivity (Wildman–Crippen MR) is 79.0 cm³/mol. The molecule has 0 saturated heterocycles. The van der Waals surface area contributed by atoms with Crippen molar-refractivity contribution in [2.24, 2.45) is 11.7 Å². The number of sulfonamides is 1. The van der Waals surface area contributed by atoms with Crippen LogP contribution in [0.4, 0.5) is 4.39 Å². The van der Waals surface area contributed by atoms with E-state index in [0.29, 0.717) is 17.0 Å². The summed E-state index contributed by atoms with van der Waals surface area (Å²) >= 11 is 0. The molecule has 1 fully saturated rings. The van der Waals surface area contributed by atoms with Gasteiger partial charge < -0.3 is 5.73 Å². The lowest BCUT2D eigenvalue weighted by Gasteiger charge is -2.15. The van der Waals surface area contributed by atoms with E-state index >= 15 is 0 Å². The Bertz CT molecular complexity index is 565. The average molecular weight is 323 g/mol. The normalized spacial score (nSPS) is 16.6. The van der Waals surface area contributed by atoms with Gasteiger partial charge in [0.05, 0.1) is 4.90 Å². The highest BCUT2D eigenvalue weighted by atomic mass is 35.5. The number of hydrogen-bond acceptors (Lipinski definition) is 3. The van der Waals surface area contributed by atoms with Crippen LogP contribution in [0.5, 0.6) is 0 Å². The number of benzene rings is 1. The summed E-state index contributed by atoms with van der Waals surface area (Å²) in [6, 6.07) is 2.31. The Morgan fingerprint density at radius 2 is 1.85 bits per heavy atom. The molecule has 4 nitrogen and oxygen atoms in total. The van der Waals surface area contributed by atoms with Gasteiger partial charge in [-0.2, -0.15) is 0 Å². The summed E-state index contributed by atoms with van der Waals surface area (Å²) < 4.78 is 40.2. The summed E-state index contributed by atoms with van der Waals surface area (Å²) in [5, 5.41) is 0. The first-order valence-corrected chi connectivity index (χ1v) is 7.81. The Morgan fingerprint density at radius 3 is 2.30 bits per heavy atom. The van der Waals surface area contributed by atoms with Crippen LogP contribution in [0, 0.1) is 25.6 Å². The first-order chi connectivity index (χ1) is 8.81. The van der Waals surface area contributed by atoms with Crippen molar-refractivity contribution >= 4 is 22.4 Å². The number of halogens is 2. The van der Waals surface area contributed by atoms with Crippen LogP contribution >= 0.6 is 12.4 Å². The highest BCUT2D eigenvalue weighted by Crippen LogP contribution is 2.31. The molecule has 1 saturated carbocycles. The quantitative estimate of drug-likeness (QED) is 0.869. The number of nitrogens with one attached hydrogen (secondary N) is 1. The molecule has 1 aromatic carbocycles. The van der Waals surface area contributed by atoms with E-state index in [9.17, 15) is 12.8 Å². The van der Waals surface area contributed by atoms with Crippen LogP contribution in [0.3, 0.4) is 0 Å². The van der Waals surface area contributed by atoms with E-state index < -0.39 is 15.8 Å². The van der Waals surface area contributed by atoms with Gasteiger partial charge in [0, 0.05) is 12.6 Å². The molecule has 0 aliphatic heterocycles. The lowest BCUT2D eigenvalue weighted by Crippen LogP contribution is -2.38. The summed E-state index contributed by atoms with van der Waals surface area (Å²) in [5.41, 5.74) is 6.69. The second kappa shape index (κ2) is 6.39. The van der Waals surface area contributed by atoms with Crippen LogP contribution in [0.2, 0.25) is 0 Å². The van der Waals surface area contributed by atoms with E-state index in [1.165, 1.54) is 12.1 Å². The van der Waals surface area contributed by atoms with Crippen molar-refractivity contribution in [1.82, 2.24) is 4.72 Å². The third kappa shape index (κ3) is 3.91. The minimum atomic E-state index is -3.64. The number of rotatable bonds is 5. The Kier molecular flexibility index (Phi) is 5.54. The van der Waals surface area contributed by atoms with Gasteiger partial charge in [-0.15, -0.1) is 12.4 Å². The van der Waals surface area contributed by atoms with Crippen LogP contribution < -0.4 is 10.5 Å². The van der Waals surface area contributed by atoms with Crippen LogP contribution in [0.15, 0.2) is 17.0 Å². The van der Waals surface area contributed by atoms with Crippen LogP contribution in [-0.4, -0.2) is 21.0 Å². The molecule has 0 heterocycles. The van der Waals surface area contributed by atoms with Crippen LogP contribution in [-0.2, 0) is 10.0 Å². The van der Waals surface area contributed by atoms with Crippen molar-refractivity contribution in [3.8, 4) is 0 Å². The molecule has 0 radical (unpaired) electrons. The third-order valence-corrected chi connectivity index (χ3v) is 5.16. The van der Waals surface area contributed by atoms with Gasteiger partial charge in [0.1, 0.15) is 5.82 Å². The zero-order valence-corrected chi connectivity index (χ0v) is 13.2. The maximum atomic E-state index is 13.2. The van der Waals surface area contributed by atoms with Gasteiger partial charge in [0.2, 0.25) is 10.0 Å². The van der Waals surface area contributed by atoms with E-state index in [1.54, 1.807) is 13.8 Å². The predicted octanol–water partition coefficient (Wildman–Crippen LogP) is 1.88. The second-order valence-corrected chi connectivity index (χ2v) is 6.93. The third-order valence-electron chi connectivity index (χ3n) is 3.43. The lowest BCUT2D eigenvalue weighted by molar-refractivity contribution is 0.546. The average Bonchev–Trinajstić information content (AvgIpc) is 3.07. The SMILES string of the molecule is Cc1cc(F)cc(C)c1S(=O)(=O)NCC(N)C1CC1.Cl. The highest BCUT2D eigenvalue weighted by molar-refractivity contribution is 7.89. The van der Waals surface area contributed by atoms with Crippen molar-refractivity contribution in [1.29, 1.82) is 0 Å². The molecule has 1 aliphatic rings. The maximum Gasteiger partial charge on any atom is 0.241 e. The van der Waals surface area contributed by atoms with Gasteiger partial charge in [-0.3, -0.25) is 0 Å². The molecule has 0 spiro atoms. The zero-order chi connectivity index (χ0) is 14.2. The van der Waals surface area contributed by atoms with Gasteiger partial charge in [0.25, 0.3) is 0 Å². The molecular formula is C13H20ClFN2O2S. The molecule has 0 bridgehead atoms. The van der Waals surface area contributed by atoms with Gasteiger partial charge >= 0.3 is 0 Å². The van der Waals surface area contributed by atoms with Gasteiger partial charge in [0.15, 0.2) is 0 Å². The minimum Gasteiger partial charge on any atom is -0.326 e. The smallest absolute Gasteiger partial charge is 0.241 e. The summed E-state index contributed by atoms with van der Waals surface area (Å²) in [7, 11) is -3.64. The Morgan fingerprint density at radius 1 is 1.35 bits per heavy atom. The van der Waals surface area contributed by atoms with Crippen molar-refractivity contribution in [3.63, 3.8) is 0 Å². The Hall–Kier alpha value is -0.690. The molecule has 2 rings (SSSR count). The summed E-state index contributed by atoms with van der Waals surface area (Å²) in [6.07, 6.45) is 2.13. The van der Waals surface area contributed by atoms with Gasteiger partial charge in [-0.1, -0.05) is 0 Å². The number of aryl methyl sites for hydroxylation is 2. The summed E-state index contributed by atoms with van der Waals surface area (Å²) in [5.74, 6) is 0.00161. The van der Waals surface area contributed by atoms with Crippen LogP contribution in [0.25, 0.3) is 0 Å². The molecule has 1 aliphatic carbocycles. The van der Waals surface area contributed by atoms with Crippen molar-refractivity contribution in [2.45, 2.75) is 37.6 Å². The standard InChI is InChI=1S/C13H19FN2O2S.ClH/c1-8-5-11(14)6-9(2)13(8)19(17,18)16-7-12(15)10-3-4-10;/h5-6,10,12,16H,3-4,7,15H2,1-2H3;1H. The molecule has 3 N–H and O–H groups in total. The summed E-state index contributed by atoms with van der Waals surface area (Å²) in [4.78, 5) is 0.150. The Balaban J connectivity index is 0.00000200. The molecule has 0 aromatic heterocycles. The maximum absolute atomic E-state index is 13.2. The fraction of sp³-hybridized carbons (Fsp3) is 0.538. The van der Waals surface area contributed by atoms with Gasteiger partial charge in [-0.05, 0) is 55.9 Å². The molecule has 7 heteroatoms. The largest absolute Gasteiger partial charge is 0.326 e. The van der Waals surface area contributed by atoms with E-state index in [2.05, 4.69) is 4.72 Å². The van der Waals surface area contributed by atoms with Gasteiger partial charge in [-0.25, -0.2) is 17.5 Å². The van der Waals surface area contributed by atoms with Crippen molar-refractivity contribution < 1.29 is 12.8 Å². The van der Waals surface area contributed by atoms with E-state index in [0.717, 1.165) is 12.8 Å².